The molecule has 1 heterocycles. The van der Waals surface area contributed by atoms with Crippen molar-refractivity contribution in [1.82, 2.24) is 15.1 Å². The molecular weight excluding hydrogens is 292 g/mol. The van der Waals surface area contributed by atoms with Gasteiger partial charge in [-0.3, -0.25) is 10.00 Å². The summed E-state index contributed by atoms with van der Waals surface area (Å²) in [6, 6.07) is 1.32. The highest BCUT2D eigenvalue weighted by Crippen LogP contribution is 2.04. The molecule has 0 aliphatic rings. The Hall–Kier alpha value is -1.83. The Kier molecular flexibility index (Phi) is 6.41. The highest BCUT2D eigenvalue weighted by atomic mass is 32.2. The third kappa shape index (κ3) is 6.94. The monoisotopic (exact) mass is 314 g/mol. The van der Waals surface area contributed by atoms with E-state index in [9.17, 15) is 13.2 Å². The first-order valence-corrected chi connectivity index (χ1v) is 8.79. The molecule has 21 heavy (non-hydrogen) atoms. The molecule has 0 saturated carbocycles. The topological polar surface area (TPSA) is 93.1 Å². The molecule has 1 aromatic heterocycles. The number of amides is 2. The zero-order chi connectivity index (χ0) is 15.9. The minimum Gasteiger partial charge on any atom is -0.335 e. The van der Waals surface area contributed by atoms with Gasteiger partial charge in [0.1, 0.15) is 9.84 Å². The minimum atomic E-state index is -3.03. The van der Waals surface area contributed by atoms with E-state index in [0.29, 0.717) is 12.2 Å². The number of sulfone groups is 1. The Morgan fingerprint density at radius 2 is 2.29 bits per heavy atom. The molecule has 0 aromatic carbocycles. The van der Waals surface area contributed by atoms with E-state index in [0.717, 1.165) is 6.42 Å². The summed E-state index contributed by atoms with van der Waals surface area (Å²) >= 11 is 0. The number of carbonyl (C=O) groups excluding carboxylic acids is 1. The van der Waals surface area contributed by atoms with Gasteiger partial charge >= 0.3 is 6.03 Å². The number of aromatic nitrogens is 2. The van der Waals surface area contributed by atoms with Crippen LogP contribution in [0.5, 0.6) is 0 Å². The molecule has 0 aliphatic carbocycles. The summed E-state index contributed by atoms with van der Waals surface area (Å²) < 4.78 is 23.6. The number of urea groups is 1. The lowest BCUT2D eigenvalue weighted by atomic mass is 10.1. The molecule has 1 aromatic rings. The van der Waals surface area contributed by atoms with E-state index >= 15 is 0 Å². The Morgan fingerprint density at radius 3 is 2.86 bits per heavy atom. The molecule has 7 nitrogen and oxygen atoms in total. The second kappa shape index (κ2) is 7.82. The van der Waals surface area contributed by atoms with Gasteiger partial charge in [-0.05, 0) is 12.8 Å². The van der Waals surface area contributed by atoms with Crippen molar-refractivity contribution in [3.05, 3.63) is 24.9 Å². The highest BCUT2D eigenvalue weighted by molar-refractivity contribution is 7.90. The number of hydrogen-bond donors (Lipinski definition) is 2. The maximum atomic E-state index is 11.8. The van der Waals surface area contributed by atoms with Gasteiger partial charge in [-0.15, -0.1) is 6.58 Å². The summed E-state index contributed by atoms with van der Waals surface area (Å²) in [6.07, 6.45) is 6.07. The predicted octanol–water partition coefficient (Wildman–Crippen LogP) is 1.40. The number of hydrogen-bond acceptors (Lipinski definition) is 4. The SMILES string of the molecule is C=CC[C@H](CC)NC(=O)Nc1ccn(CCS(C)(=O)=O)n1. The lowest BCUT2D eigenvalue weighted by Crippen LogP contribution is -2.37. The van der Waals surface area contributed by atoms with E-state index in [2.05, 4.69) is 22.3 Å². The van der Waals surface area contributed by atoms with Crippen LogP contribution in [-0.2, 0) is 16.4 Å². The van der Waals surface area contributed by atoms with E-state index in [1.807, 2.05) is 6.92 Å². The predicted molar refractivity (Wildman–Crippen MR) is 83.0 cm³/mol. The number of carbonyl (C=O) groups is 1. The zero-order valence-electron chi connectivity index (χ0n) is 12.4. The van der Waals surface area contributed by atoms with Crippen LogP contribution in [0.3, 0.4) is 0 Å². The fourth-order valence-corrected chi connectivity index (χ4v) is 2.20. The first-order chi connectivity index (χ1) is 9.84. The van der Waals surface area contributed by atoms with Gasteiger partial charge in [-0.25, -0.2) is 13.2 Å². The Bertz CT molecular complexity index is 580. The van der Waals surface area contributed by atoms with Gasteiger partial charge in [0.25, 0.3) is 0 Å². The smallest absolute Gasteiger partial charge is 0.320 e. The zero-order valence-corrected chi connectivity index (χ0v) is 13.2. The van der Waals surface area contributed by atoms with Gasteiger partial charge < -0.3 is 5.32 Å². The third-order valence-corrected chi connectivity index (χ3v) is 3.78. The lowest BCUT2D eigenvalue weighted by Gasteiger charge is -2.14. The van der Waals surface area contributed by atoms with Crippen molar-refractivity contribution >= 4 is 21.7 Å². The summed E-state index contributed by atoms with van der Waals surface area (Å²) in [5.41, 5.74) is 0. The van der Waals surface area contributed by atoms with Crippen LogP contribution in [0.25, 0.3) is 0 Å². The first kappa shape index (κ1) is 17.2. The number of anilines is 1. The van der Waals surface area contributed by atoms with Crippen LogP contribution in [-0.4, -0.2) is 42.3 Å². The van der Waals surface area contributed by atoms with Crippen molar-refractivity contribution in [2.24, 2.45) is 0 Å². The molecule has 118 valence electrons. The van der Waals surface area contributed by atoms with E-state index < -0.39 is 9.84 Å². The van der Waals surface area contributed by atoms with Gasteiger partial charge in [0, 0.05) is 24.6 Å². The molecule has 0 fully saturated rings. The van der Waals surface area contributed by atoms with Crippen LogP contribution < -0.4 is 10.6 Å². The van der Waals surface area contributed by atoms with Crippen molar-refractivity contribution in [2.45, 2.75) is 32.4 Å². The number of rotatable bonds is 8. The molecule has 8 heteroatoms. The Balaban J connectivity index is 2.50. The van der Waals surface area contributed by atoms with Gasteiger partial charge in [0.15, 0.2) is 5.82 Å². The molecular formula is C13H22N4O3S. The van der Waals surface area contributed by atoms with Crippen molar-refractivity contribution in [1.29, 1.82) is 0 Å². The van der Waals surface area contributed by atoms with E-state index in [1.54, 1.807) is 18.3 Å². The standard InChI is InChI=1S/C13H22N4O3S/c1-4-6-11(5-2)14-13(18)15-12-7-8-17(16-12)9-10-21(3,19)20/h4,7-8,11H,1,5-6,9-10H2,2-3H3,(H2,14,15,16,18)/t11-/m0/s1. The van der Waals surface area contributed by atoms with Crippen molar-refractivity contribution in [2.75, 3.05) is 17.3 Å². The fourth-order valence-electron chi connectivity index (χ4n) is 1.68. The van der Waals surface area contributed by atoms with Crippen LogP contribution in [0.1, 0.15) is 19.8 Å². The third-order valence-electron chi connectivity index (χ3n) is 2.85. The summed E-state index contributed by atoms with van der Waals surface area (Å²) in [4.78, 5) is 11.8. The second-order valence-corrected chi connectivity index (χ2v) is 7.08. The number of nitrogens with zero attached hydrogens (tertiary/aromatic N) is 2. The molecule has 1 rings (SSSR count). The molecule has 0 unspecified atom stereocenters. The average molecular weight is 314 g/mol. The number of aryl methyl sites for hydroxylation is 1. The van der Waals surface area contributed by atoms with Crippen LogP contribution >= 0.6 is 0 Å². The van der Waals surface area contributed by atoms with Gasteiger partial charge in [0.05, 0.1) is 12.3 Å². The minimum absolute atomic E-state index is 0.0115. The Morgan fingerprint density at radius 1 is 1.57 bits per heavy atom. The van der Waals surface area contributed by atoms with Crippen LogP contribution in [0.15, 0.2) is 24.9 Å². The van der Waals surface area contributed by atoms with Crippen molar-refractivity contribution in [3.8, 4) is 0 Å². The quantitative estimate of drug-likeness (QED) is 0.709. The van der Waals surface area contributed by atoms with E-state index in [1.165, 1.54) is 10.9 Å². The highest BCUT2D eigenvalue weighted by Gasteiger charge is 2.10. The Labute approximate surface area is 125 Å². The molecule has 2 amide bonds. The average Bonchev–Trinajstić information content (AvgIpc) is 2.82. The van der Waals surface area contributed by atoms with Gasteiger partial charge in [0.2, 0.25) is 0 Å². The van der Waals surface area contributed by atoms with Crippen molar-refractivity contribution in [3.63, 3.8) is 0 Å². The molecule has 0 saturated heterocycles. The summed E-state index contributed by atoms with van der Waals surface area (Å²) in [6.45, 7) is 5.89. The van der Waals surface area contributed by atoms with E-state index in [4.69, 9.17) is 0 Å². The maximum Gasteiger partial charge on any atom is 0.320 e. The molecule has 0 spiro atoms. The molecule has 0 aliphatic heterocycles. The first-order valence-electron chi connectivity index (χ1n) is 6.73. The van der Waals surface area contributed by atoms with Crippen LogP contribution in [0.4, 0.5) is 10.6 Å². The summed E-state index contributed by atoms with van der Waals surface area (Å²) in [5.74, 6) is 0.395. The van der Waals surface area contributed by atoms with E-state index in [-0.39, 0.29) is 24.4 Å². The second-order valence-electron chi connectivity index (χ2n) is 4.82. The largest absolute Gasteiger partial charge is 0.335 e. The molecule has 0 bridgehead atoms. The maximum absolute atomic E-state index is 11.8. The van der Waals surface area contributed by atoms with Gasteiger partial charge in [-0.1, -0.05) is 13.0 Å². The summed E-state index contributed by atoms with van der Waals surface area (Å²) in [5, 5.41) is 9.52. The lowest BCUT2D eigenvalue weighted by molar-refractivity contribution is 0.248. The molecule has 0 radical (unpaired) electrons. The number of nitrogens with one attached hydrogen (secondary N) is 2. The van der Waals surface area contributed by atoms with Crippen LogP contribution in [0, 0.1) is 0 Å². The summed E-state index contributed by atoms with van der Waals surface area (Å²) in [7, 11) is -3.03. The molecule has 2 N–H and O–H groups in total. The normalized spacial score (nSPS) is 12.7. The van der Waals surface area contributed by atoms with Gasteiger partial charge in [-0.2, -0.15) is 5.10 Å². The molecule has 1 atom stereocenters. The van der Waals surface area contributed by atoms with Crippen molar-refractivity contribution < 1.29 is 13.2 Å². The van der Waals surface area contributed by atoms with Crippen LogP contribution in [0.2, 0.25) is 0 Å². The fraction of sp³-hybridized carbons (Fsp3) is 0.538.